The summed E-state index contributed by atoms with van der Waals surface area (Å²) in [7, 11) is 0. The van der Waals surface area contributed by atoms with Crippen LogP contribution in [0.2, 0.25) is 4.34 Å². The summed E-state index contributed by atoms with van der Waals surface area (Å²) in [5.74, 6) is 0.486. The fourth-order valence-corrected chi connectivity index (χ4v) is 2.51. The van der Waals surface area contributed by atoms with Crippen molar-refractivity contribution in [2.75, 3.05) is 6.54 Å². The van der Waals surface area contributed by atoms with Gasteiger partial charge in [0.2, 0.25) is 5.91 Å². The van der Waals surface area contributed by atoms with Crippen LogP contribution in [0.15, 0.2) is 12.1 Å². The zero-order valence-electron chi connectivity index (χ0n) is 6.34. The molecule has 2 heterocycles. The number of carbonyl (C=O) groups is 1. The van der Waals surface area contributed by atoms with Crippen LogP contribution in [-0.2, 0) is 4.79 Å². The molecule has 0 radical (unpaired) electrons. The molecule has 0 aliphatic carbocycles. The molecular formula is C8H8ClNOS. The number of thiophene rings is 1. The summed E-state index contributed by atoms with van der Waals surface area (Å²) in [6.07, 6.45) is 0.608. The lowest BCUT2D eigenvalue weighted by Crippen LogP contribution is -2.13. The molecule has 1 aliphatic heterocycles. The van der Waals surface area contributed by atoms with Crippen LogP contribution in [-0.4, -0.2) is 12.5 Å². The van der Waals surface area contributed by atoms with Crippen molar-refractivity contribution in [1.29, 1.82) is 0 Å². The van der Waals surface area contributed by atoms with Crippen LogP contribution >= 0.6 is 22.9 Å². The zero-order valence-corrected chi connectivity index (χ0v) is 7.91. The highest BCUT2D eigenvalue weighted by atomic mass is 35.5. The van der Waals surface area contributed by atoms with Gasteiger partial charge in [0.25, 0.3) is 0 Å². The maximum absolute atomic E-state index is 10.9. The van der Waals surface area contributed by atoms with Crippen LogP contribution in [0.5, 0.6) is 0 Å². The first-order chi connectivity index (χ1) is 5.75. The Hall–Kier alpha value is -0.540. The predicted octanol–water partition coefficient (Wildman–Crippen LogP) is 2.01. The van der Waals surface area contributed by atoms with Gasteiger partial charge in [0.15, 0.2) is 0 Å². The second kappa shape index (κ2) is 3.07. The lowest BCUT2D eigenvalue weighted by atomic mass is 10.1. The molecule has 0 aromatic carbocycles. The SMILES string of the molecule is O=C1C[C@H](c2ccc(Cl)s2)CN1. The summed E-state index contributed by atoms with van der Waals surface area (Å²) in [6.45, 7) is 0.760. The van der Waals surface area contributed by atoms with Crippen molar-refractivity contribution in [3.05, 3.63) is 21.3 Å². The number of nitrogens with one attached hydrogen (secondary N) is 1. The number of carbonyl (C=O) groups excluding carboxylic acids is 1. The van der Waals surface area contributed by atoms with Gasteiger partial charge in [-0.25, -0.2) is 0 Å². The van der Waals surface area contributed by atoms with E-state index in [1.165, 1.54) is 4.88 Å². The minimum Gasteiger partial charge on any atom is -0.355 e. The molecular weight excluding hydrogens is 194 g/mol. The maximum Gasteiger partial charge on any atom is 0.220 e. The fourth-order valence-electron chi connectivity index (χ4n) is 1.35. The van der Waals surface area contributed by atoms with Gasteiger partial charge in [-0.05, 0) is 12.1 Å². The number of amides is 1. The summed E-state index contributed by atoms with van der Waals surface area (Å²) in [5.41, 5.74) is 0. The van der Waals surface area contributed by atoms with Gasteiger partial charge in [-0.15, -0.1) is 11.3 Å². The third-order valence-electron chi connectivity index (χ3n) is 1.97. The molecule has 1 atom stereocenters. The smallest absolute Gasteiger partial charge is 0.220 e. The van der Waals surface area contributed by atoms with Gasteiger partial charge in [0.1, 0.15) is 0 Å². The summed E-state index contributed by atoms with van der Waals surface area (Å²) in [4.78, 5) is 12.1. The van der Waals surface area contributed by atoms with Crippen LogP contribution in [0.3, 0.4) is 0 Å². The number of halogens is 1. The highest BCUT2D eigenvalue weighted by Crippen LogP contribution is 2.31. The van der Waals surface area contributed by atoms with Crippen molar-refractivity contribution in [3.8, 4) is 0 Å². The molecule has 1 aromatic heterocycles. The van der Waals surface area contributed by atoms with Gasteiger partial charge in [0, 0.05) is 23.8 Å². The van der Waals surface area contributed by atoms with E-state index in [1.807, 2.05) is 12.1 Å². The molecule has 0 bridgehead atoms. The quantitative estimate of drug-likeness (QED) is 0.740. The molecule has 2 nitrogen and oxygen atoms in total. The van der Waals surface area contributed by atoms with Crippen LogP contribution in [0.4, 0.5) is 0 Å². The van der Waals surface area contributed by atoms with E-state index in [0.717, 1.165) is 10.9 Å². The van der Waals surface area contributed by atoms with Crippen LogP contribution in [0.25, 0.3) is 0 Å². The first-order valence-corrected chi connectivity index (χ1v) is 4.97. The van der Waals surface area contributed by atoms with Crippen molar-refractivity contribution < 1.29 is 4.79 Å². The van der Waals surface area contributed by atoms with E-state index >= 15 is 0 Å². The minimum atomic E-state index is 0.143. The Labute approximate surface area is 79.5 Å². The second-order valence-electron chi connectivity index (χ2n) is 2.85. The van der Waals surface area contributed by atoms with E-state index in [1.54, 1.807) is 11.3 Å². The molecule has 0 unspecified atom stereocenters. The van der Waals surface area contributed by atoms with Gasteiger partial charge < -0.3 is 5.32 Å². The summed E-state index contributed by atoms with van der Waals surface area (Å²) >= 11 is 7.35. The number of hydrogen-bond donors (Lipinski definition) is 1. The fraction of sp³-hybridized carbons (Fsp3) is 0.375. The van der Waals surface area contributed by atoms with E-state index in [0.29, 0.717) is 12.3 Å². The third-order valence-corrected chi connectivity index (χ3v) is 3.37. The molecule has 1 aliphatic rings. The Morgan fingerprint density at radius 3 is 2.92 bits per heavy atom. The first kappa shape index (κ1) is 8.08. The van der Waals surface area contributed by atoms with Gasteiger partial charge in [-0.1, -0.05) is 11.6 Å². The number of hydrogen-bond acceptors (Lipinski definition) is 2. The molecule has 0 saturated carbocycles. The van der Waals surface area contributed by atoms with Crippen molar-refractivity contribution in [2.45, 2.75) is 12.3 Å². The topological polar surface area (TPSA) is 29.1 Å². The van der Waals surface area contributed by atoms with E-state index < -0.39 is 0 Å². The molecule has 1 N–H and O–H groups in total. The Morgan fingerprint density at radius 2 is 2.42 bits per heavy atom. The van der Waals surface area contributed by atoms with Gasteiger partial charge in [0.05, 0.1) is 4.34 Å². The molecule has 64 valence electrons. The summed E-state index contributed by atoms with van der Waals surface area (Å²) in [5, 5.41) is 2.80. The van der Waals surface area contributed by atoms with E-state index in [4.69, 9.17) is 11.6 Å². The summed E-state index contributed by atoms with van der Waals surface area (Å²) < 4.78 is 0.796. The third kappa shape index (κ3) is 1.47. The zero-order chi connectivity index (χ0) is 8.55. The Bertz CT molecular complexity index is 310. The van der Waals surface area contributed by atoms with E-state index in [-0.39, 0.29) is 5.91 Å². The Kier molecular flexibility index (Phi) is 2.07. The number of rotatable bonds is 1. The molecule has 2 rings (SSSR count). The van der Waals surface area contributed by atoms with Crippen LogP contribution in [0.1, 0.15) is 17.2 Å². The standard InChI is InChI=1S/C8H8ClNOS/c9-7-2-1-6(12-7)5-3-8(11)10-4-5/h1-2,5H,3-4H2,(H,10,11)/t5-/m0/s1. The highest BCUT2D eigenvalue weighted by molar-refractivity contribution is 7.16. The van der Waals surface area contributed by atoms with E-state index in [2.05, 4.69) is 5.32 Å². The Balaban J connectivity index is 2.15. The van der Waals surface area contributed by atoms with E-state index in [9.17, 15) is 4.79 Å². The lowest BCUT2D eigenvalue weighted by molar-refractivity contribution is -0.119. The Morgan fingerprint density at radius 1 is 1.58 bits per heavy atom. The van der Waals surface area contributed by atoms with Crippen molar-refractivity contribution in [1.82, 2.24) is 5.32 Å². The average molecular weight is 202 g/mol. The van der Waals surface area contributed by atoms with Gasteiger partial charge in [-0.3, -0.25) is 4.79 Å². The first-order valence-electron chi connectivity index (χ1n) is 3.77. The second-order valence-corrected chi connectivity index (χ2v) is 4.59. The van der Waals surface area contributed by atoms with Gasteiger partial charge in [-0.2, -0.15) is 0 Å². The van der Waals surface area contributed by atoms with Gasteiger partial charge >= 0.3 is 0 Å². The van der Waals surface area contributed by atoms with Crippen LogP contribution in [0, 0.1) is 0 Å². The van der Waals surface area contributed by atoms with Crippen molar-refractivity contribution in [3.63, 3.8) is 0 Å². The lowest BCUT2D eigenvalue weighted by Gasteiger charge is -2.00. The van der Waals surface area contributed by atoms with Crippen molar-refractivity contribution in [2.24, 2.45) is 0 Å². The largest absolute Gasteiger partial charge is 0.355 e. The normalized spacial score (nSPS) is 22.8. The molecule has 1 fully saturated rings. The minimum absolute atomic E-state index is 0.143. The molecule has 1 saturated heterocycles. The maximum atomic E-state index is 10.9. The molecule has 0 spiro atoms. The van der Waals surface area contributed by atoms with Crippen molar-refractivity contribution >= 4 is 28.8 Å². The average Bonchev–Trinajstić information content (AvgIpc) is 2.58. The predicted molar refractivity (Wildman–Crippen MR) is 49.7 cm³/mol. The molecule has 4 heteroatoms. The molecule has 1 amide bonds. The molecule has 1 aromatic rings. The summed E-state index contributed by atoms with van der Waals surface area (Å²) in [6, 6.07) is 3.88. The monoisotopic (exact) mass is 201 g/mol. The molecule has 12 heavy (non-hydrogen) atoms. The highest BCUT2D eigenvalue weighted by Gasteiger charge is 2.23. The van der Waals surface area contributed by atoms with Crippen LogP contribution < -0.4 is 5.32 Å².